The Labute approximate surface area is 105 Å². The average molecular weight is 270 g/mol. The molecule has 0 fully saturated rings. The minimum atomic E-state index is -0.865. The van der Waals surface area contributed by atoms with E-state index in [9.17, 15) is 18.4 Å². The molecule has 1 aliphatic rings. The maximum absolute atomic E-state index is 13.2. The molecule has 94 valence electrons. The van der Waals surface area contributed by atoms with Gasteiger partial charge in [-0.25, -0.2) is 13.6 Å². The number of urea groups is 1. The van der Waals surface area contributed by atoms with Gasteiger partial charge in [-0.2, -0.15) is 0 Å². The Morgan fingerprint density at radius 1 is 1.28 bits per heavy atom. The third-order valence-electron chi connectivity index (χ3n) is 2.12. The van der Waals surface area contributed by atoms with Gasteiger partial charge in [0, 0.05) is 23.6 Å². The van der Waals surface area contributed by atoms with Crippen molar-refractivity contribution < 1.29 is 18.4 Å². The van der Waals surface area contributed by atoms with Crippen LogP contribution in [0, 0.1) is 11.6 Å². The molecule has 0 atom stereocenters. The SMILES string of the molecule is O=C(NC1=CC(=O)SC1)Nc1ccc(F)cc1F. The summed E-state index contributed by atoms with van der Waals surface area (Å²) in [7, 11) is 0. The van der Waals surface area contributed by atoms with Crippen molar-refractivity contribution in [2.45, 2.75) is 0 Å². The lowest BCUT2D eigenvalue weighted by Crippen LogP contribution is -2.28. The Bertz CT molecular complexity index is 546. The fourth-order valence-corrected chi connectivity index (χ4v) is 2.02. The summed E-state index contributed by atoms with van der Waals surface area (Å²) >= 11 is 1.06. The zero-order chi connectivity index (χ0) is 13.1. The molecular formula is C11H8F2N2O2S. The molecule has 1 aromatic carbocycles. The zero-order valence-corrected chi connectivity index (χ0v) is 9.81. The maximum atomic E-state index is 13.2. The van der Waals surface area contributed by atoms with E-state index < -0.39 is 17.7 Å². The molecule has 1 heterocycles. The van der Waals surface area contributed by atoms with E-state index in [1.54, 1.807) is 0 Å². The standard InChI is InChI=1S/C11H8F2N2O2S/c12-6-1-2-9(8(13)3-6)15-11(17)14-7-4-10(16)18-5-7/h1-4H,5H2,(H2,14,15,17). The van der Waals surface area contributed by atoms with Crippen LogP contribution < -0.4 is 10.6 Å². The highest BCUT2D eigenvalue weighted by Crippen LogP contribution is 2.18. The molecule has 2 amide bonds. The summed E-state index contributed by atoms with van der Waals surface area (Å²) in [6, 6.07) is 2.14. The van der Waals surface area contributed by atoms with Crippen LogP contribution in [0.4, 0.5) is 19.3 Å². The number of carbonyl (C=O) groups is 2. The van der Waals surface area contributed by atoms with E-state index in [0.29, 0.717) is 17.5 Å². The number of anilines is 1. The Hall–Kier alpha value is -1.89. The van der Waals surface area contributed by atoms with Crippen molar-refractivity contribution in [3.63, 3.8) is 0 Å². The molecule has 0 radical (unpaired) electrons. The Balaban J connectivity index is 1.99. The van der Waals surface area contributed by atoms with Gasteiger partial charge >= 0.3 is 6.03 Å². The molecule has 18 heavy (non-hydrogen) atoms. The summed E-state index contributed by atoms with van der Waals surface area (Å²) in [6.45, 7) is 0. The molecule has 7 heteroatoms. The van der Waals surface area contributed by atoms with Gasteiger partial charge in [-0.15, -0.1) is 0 Å². The van der Waals surface area contributed by atoms with Crippen LogP contribution in [0.3, 0.4) is 0 Å². The summed E-state index contributed by atoms with van der Waals surface area (Å²) in [5, 5.41) is 4.49. The normalized spacial score (nSPS) is 14.3. The number of rotatable bonds is 2. The molecule has 0 spiro atoms. The van der Waals surface area contributed by atoms with Crippen LogP contribution in [0.5, 0.6) is 0 Å². The van der Waals surface area contributed by atoms with Gasteiger partial charge in [0.1, 0.15) is 11.6 Å². The lowest BCUT2D eigenvalue weighted by molar-refractivity contribution is -0.106. The van der Waals surface area contributed by atoms with Crippen molar-refractivity contribution >= 4 is 28.6 Å². The third-order valence-corrected chi connectivity index (χ3v) is 2.97. The molecule has 0 unspecified atom stereocenters. The summed E-state index contributed by atoms with van der Waals surface area (Å²) in [5.41, 5.74) is 0.316. The lowest BCUT2D eigenvalue weighted by atomic mass is 10.3. The quantitative estimate of drug-likeness (QED) is 0.866. The van der Waals surface area contributed by atoms with Crippen molar-refractivity contribution in [2.75, 3.05) is 11.1 Å². The van der Waals surface area contributed by atoms with Crippen LogP contribution in [0.1, 0.15) is 0 Å². The number of benzene rings is 1. The third kappa shape index (κ3) is 3.07. The van der Waals surface area contributed by atoms with Gasteiger partial charge in [0.2, 0.25) is 5.12 Å². The van der Waals surface area contributed by atoms with Crippen LogP contribution in [0.2, 0.25) is 0 Å². The largest absolute Gasteiger partial charge is 0.323 e. The second-order valence-corrected chi connectivity index (χ2v) is 4.46. The molecule has 1 aliphatic heterocycles. The minimum Gasteiger partial charge on any atom is -0.310 e. The summed E-state index contributed by atoms with van der Waals surface area (Å²) in [4.78, 5) is 22.4. The second kappa shape index (κ2) is 5.18. The monoisotopic (exact) mass is 270 g/mol. The fourth-order valence-electron chi connectivity index (χ4n) is 1.34. The van der Waals surface area contributed by atoms with Gasteiger partial charge in [0.05, 0.1) is 5.69 Å². The first kappa shape index (κ1) is 12.6. The minimum absolute atomic E-state index is 0.133. The van der Waals surface area contributed by atoms with E-state index in [0.717, 1.165) is 23.9 Å². The van der Waals surface area contributed by atoms with Crippen molar-refractivity contribution in [3.05, 3.63) is 41.6 Å². The number of halogens is 2. The maximum Gasteiger partial charge on any atom is 0.323 e. The predicted molar refractivity (Wildman–Crippen MR) is 64.1 cm³/mol. The second-order valence-electron chi connectivity index (χ2n) is 3.48. The van der Waals surface area contributed by atoms with Crippen molar-refractivity contribution in [2.24, 2.45) is 0 Å². The van der Waals surface area contributed by atoms with Crippen molar-refractivity contribution in [1.29, 1.82) is 0 Å². The Kier molecular flexibility index (Phi) is 3.61. The molecule has 0 saturated carbocycles. The van der Waals surface area contributed by atoms with Gasteiger partial charge in [-0.05, 0) is 12.1 Å². The summed E-state index contributed by atoms with van der Waals surface area (Å²) in [5.74, 6) is -1.21. The molecule has 0 bridgehead atoms. The first-order chi connectivity index (χ1) is 8.54. The molecule has 0 aliphatic carbocycles. The molecule has 0 saturated heterocycles. The Morgan fingerprint density at radius 2 is 2.06 bits per heavy atom. The topological polar surface area (TPSA) is 58.2 Å². The highest BCUT2D eigenvalue weighted by atomic mass is 32.2. The number of amides is 2. The van der Waals surface area contributed by atoms with Gasteiger partial charge in [-0.1, -0.05) is 11.8 Å². The van der Waals surface area contributed by atoms with E-state index in [1.165, 1.54) is 6.08 Å². The van der Waals surface area contributed by atoms with Crippen LogP contribution in [0.15, 0.2) is 30.0 Å². The molecule has 0 aromatic heterocycles. The van der Waals surface area contributed by atoms with E-state index in [-0.39, 0.29) is 10.8 Å². The highest BCUT2D eigenvalue weighted by molar-refractivity contribution is 8.14. The molecule has 4 nitrogen and oxygen atoms in total. The summed E-state index contributed by atoms with van der Waals surface area (Å²) in [6.07, 6.45) is 1.30. The van der Waals surface area contributed by atoms with Crippen molar-refractivity contribution in [3.8, 4) is 0 Å². The number of thioether (sulfide) groups is 1. The van der Waals surface area contributed by atoms with Gasteiger partial charge in [0.15, 0.2) is 0 Å². The van der Waals surface area contributed by atoms with Crippen LogP contribution >= 0.6 is 11.8 Å². The first-order valence-corrected chi connectivity index (χ1v) is 5.93. The average Bonchev–Trinajstić information content (AvgIpc) is 2.68. The first-order valence-electron chi connectivity index (χ1n) is 4.95. The van der Waals surface area contributed by atoms with Gasteiger partial charge < -0.3 is 10.6 Å². The molecular weight excluding hydrogens is 262 g/mol. The van der Waals surface area contributed by atoms with E-state index in [4.69, 9.17) is 0 Å². The van der Waals surface area contributed by atoms with Crippen LogP contribution in [0.25, 0.3) is 0 Å². The lowest BCUT2D eigenvalue weighted by Gasteiger charge is -2.08. The van der Waals surface area contributed by atoms with E-state index >= 15 is 0 Å². The molecule has 2 rings (SSSR count). The van der Waals surface area contributed by atoms with Crippen molar-refractivity contribution in [1.82, 2.24) is 5.32 Å². The smallest absolute Gasteiger partial charge is 0.310 e. The van der Waals surface area contributed by atoms with Gasteiger partial charge in [0.25, 0.3) is 0 Å². The van der Waals surface area contributed by atoms with E-state index in [2.05, 4.69) is 10.6 Å². The number of hydrogen-bond donors (Lipinski definition) is 2. The fraction of sp³-hybridized carbons (Fsp3) is 0.0909. The van der Waals surface area contributed by atoms with Gasteiger partial charge in [-0.3, -0.25) is 4.79 Å². The zero-order valence-electron chi connectivity index (χ0n) is 9.00. The number of nitrogens with one attached hydrogen (secondary N) is 2. The molecule has 2 N–H and O–H groups in total. The predicted octanol–water partition coefficient (Wildman–Crippen LogP) is 2.24. The number of carbonyl (C=O) groups excluding carboxylic acids is 2. The van der Waals surface area contributed by atoms with Crippen LogP contribution in [-0.2, 0) is 4.79 Å². The number of hydrogen-bond acceptors (Lipinski definition) is 3. The Morgan fingerprint density at radius 3 is 2.67 bits per heavy atom. The van der Waals surface area contributed by atoms with Crippen LogP contribution in [-0.4, -0.2) is 16.9 Å². The van der Waals surface area contributed by atoms with E-state index in [1.807, 2.05) is 0 Å². The highest BCUT2D eigenvalue weighted by Gasteiger charge is 2.15. The summed E-state index contributed by atoms with van der Waals surface area (Å²) < 4.78 is 25.9. The molecule has 1 aromatic rings.